The van der Waals surface area contributed by atoms with Crippen LogP contribution in [0.3, 0.4) is 0 Å². The number of aromatic nitrogens is 1. The number of aromatic carboxylic acids is 1. The van der Waals surface area contributed by atoms with Gasteiger partial charge >= 0.3 is 5.97 Å². The van der Waals surface area contributed by atoms with Gasteiger partial charge in [-0.05, 0) is 6.07 Å². The molecule has 0 amide bonds. The normalized spacial score (nSPS) is 10.2. The summed E-state index contributed by atoms with van der Waals surface area (Å²) in [6.45, 7) is 0.608. The molecule has 1 N–H and O–H groups in total. The van der Waals surface area contributed by atoms with Crippen LogP contribution in [0.5, 0.6) is 5.75 Å². The summed E-state index contributed by atoms with van der Waals surface area (Å²) < 4.78 is 5.29. The second-order valence-electron chi connectivity index (χ2n) is 3.99. The van der Waals surface area contributed by atoms with Crippen molar-refractivity contribution in [3.8, 4) is 5.75 Å². The van der Waals surface area contributed by atoms with Gasteiger partial charge < -0.3 is 14.7 Å². The van der Waals surface area contributed by atoms with Gasteiger partial charge in [0.05, 0.1) is 7.11 Å². The molecule has 1 aromatic heterocycles. The highest BCUT2D eigenvalue weighted by atomic mass is 32.1. The molecule has 100 valence electrons. The molecule has 0 saturated carbocycles. The maximum atomic E-state index is 10.8. The van der Waals surface area contributed by atoms with Crippen molar-refractivity contribution in [1.29, 1.82) is 0 Å². The maximum absolute atomic E-state index is 10.8. The second kappa shape index (κ2) is 5.71. The lowest BCUT2D eigenvalue weighted by atomic mass is 10.2. The van der Waals surface area contributed by atoms with Gasteiger partial charge in [-0.2, -0.15) is 0 Å². The molecule has 1 aromatic carbocycles. The van der Waals surface area contributed by atoms with E-state index in [-0.39, 0.29) is 5.69 Å². The van der Waals surface area contributed by atoms with Crippen molar-refractivity contribution in [3.63, 3.8) is 0 Å². The van der Waals surface area contributed by atoms with Crippen LogP contribution in [0.15, 0.2) is 29.6 Å². The lowest BCUT2D eigenvalue weighted by molar-refractivity contribution is 0.0691. The molecule has 0 saturated heterocycles. The van der Waals surface area contributed by atoms with E-state index >= 15 is 0 Å². The van der Waals surface area contributed by atoms with E-state index in [1.165, 1.54) is 16.7 Å². The third-order valence-electron chi connectivity index (χ3n) is 2.64. The first-order valence-corrected chi connectivity index (χ1v) is 6.51. The number of carboxylic acids is 1. The fourth-order valence-corrected chi connectivity index (χ4v) is 2.46. The van der Waals surface area contributed by atoms with E-state index < -0.39 is 5.97 Å². The topological polar surface area (TPSA) is 62.7 Å². The highest BCUT2D eigenvalue weighted by Gasteiger charge is 2.13. The molecular weight excluding hydrogens is 264 g/mol. The van der Waals surface area contributed by atoms with Crippen molar-refractivity contribution in [3.05, 3.63) is 40.9 Å². The molecule has 2 rings (SSSR count). The first-order chi connectivity index (χ1) is 9.11. The molecule has 6 heteroatoms. The van der Waals surface area contributed by atoms with Crippen LogP contribution in [-0.4, -0.2) is 30.2 Å². The molecule has 0 atom stereocenters. The number of carboxylic acid groups (broad SMARTS) is 1. The summed E-state index contributed by atoms with van der Waals surface area (Å²) in [5.41, 5.74) is 1.10. The molecule has 1 heterocycles. The molecule has 0 aliphatic heterocycles. The molecule has 0 aliphatic rings. The van der Waals surface area contributed by atoms with Crippen molar-refractivity contribution in [2.75, 3.05) is 19.1 Å². The molecule has 2 aromatic rings. The monoisotopic (exact) mass is 278 g/mol. The molecule has 0 aliphatic carbocycles. The van der Waals surface area contributed by atoms with E-state index in [9.17, 15) is 4.79 Å². The second-order valence-corrected chi connectivity index (χ2v) is 4.82. The van der Waals surface area contributed by atoms with Crippen LogP contribution in [-0.2, 0) is 6.54 Å². The zero-order valence-corrected chi connectivity index (χ0v) is 11.5. The zero-order valence-electron chi connectivity index (χ0n) is 10.7. The number of anilines is 1. The van der Waals surface area contributed by atoms with Crippen molar-refractivity contribution >= 4 is 22.4 Å². The summed E-state index contributed by atoms with van der Waals surface area (Å²) in [5, 5.41) is 11.1. The Morgan fingerprint density at radius 2 is 2.21 bits per heavy atom. The van der Waals surface area contributed by atoms with Crippen molar-refractivity contribution in [2.24, 2.45) is 0 Å². The Morgan fingerprint density at radius 3 is 2.84 bits per heavy atom. The van der Waals surface area contributed by atoms with Gasteiger partial charge in [0.15, 0.2) is 10.8 Å². The van der Waals surface area contributed by atoms with Gasteiger partial charge in [-0.1, -0.05) is 18.2 Å². The van der Waals surface area contributed by atoms with Crippen LogP contribution in [0.1, 0.15) is 16.1 Å². The Bertz CT molecular complexity index is 583. The van der Waals surface area contributed by atoms with Gasteiger partial charge in [0.1, 0.15) is 5.75 Å². The van der Waals surface area contributed by atoms with E-state index in [4.69, 9.17) is 9.84 Å². The van der Waals surface area contributed by atoms with Gasteiger partial charge in [0, 0.05) is 24.5 Å². The number of thiazole rings is 1. The number of hydrogen-bond acceptors (Lipinski definition) is 5. The number of ether oxygens (including phenoxy) is 1. The number of nitrogens with zero attached hydrogens (tertiary/aromatic N) is 2. The lowest BCUT2D eigenvalue weighted by Crippen LogP contribution is -2.17. The van der Waals surface area contributed by atoms with Gasteiger partial charge in [-0.25, -0.2) is 9.78 Å². The molecule has 0 radical (unpaired) electrons. The molecule has 19 heavy (non-hydrogen) atoms. The lowest BCUT2D eigenvalue weighted by Gasteiger charge is -2.17. The van der Waals surface area contributed by atoms with Crippen LogP contribution in [0.4, 0.5) is 5.13 Å². The highest BCUT2D eigenvalue weighted by Crippen LogP contribution is 2.24. The summed E-state index contributed by atoms with van der Waals surface area (Å²) in [4.78, 5) is 16.8. The Kier molecular flexibility index (Phi) is 4.01. The van der Waals surface area contributed by atoms with E-state index in [2.05, 4.69) is 4.98 Å². The third-order valence-corrected chi connectivity index (χ3v) is 3.59. The van der Waals surface area contributed by atoms with E-state index in [0.29, 0.717) is 11.7 Å². The Hall–Kier alpha value is -2.08. The average Bonchev–Trinajstić information content (AvgIpc) is 2.89. The molecule has 0 bridgehead atoms. The van der Waals surface area contributed by atoms with E-state index in [0.717, 1.165) is 11.3 Å². The minimum atomic E-state index is -1.01. The molecule has 0 fully saturated rings. The largest absolute Gasteiger partial charge is 0.496 e. The predicted molar refractivity (Wildman–Crippen MR) is 74.2 cm³/mol. The fraction of sp³-hybridized carbons (Fsp3) is 0.231. The van der Waals surface area contributed by atoms with Crippen LogP contribution in [0, 0.1) is 0 Å². The molecule has 0 unspecified atom stereocenters. The zero-order chi connectivity index (χ0) is 13.8. The summed E-state index contributed by atoms with van der Waals surface area (Å²) >= 11 is 1.31. The summed E-state index contributed by atoms with van der Waals surface area (Å²) in [6, 6.07) is 7.72. The number of benzene rings is 1. The average molecular weight is 278 g/mol. The molecule has 5 nitrogen and oxygen atoms in total. The number of carbonyl (C=O) groups is 1. The molecule has 0 spiro atoms. The number of para-hydroxylation sites is 1. The minimum absolute atomic E-state index is 0.0758. The summed E-state index contributed by atoms with van der Waals surface area (Å²) in [6.07, 6.45) is 0. The fourth-order valence-electron chi connectivity index (χ4n) is 1.69. The van der Waals surface area contributed by atoms with E-state index in [1.54, 1.807) is 7.11 Å². The maximum Gasteiger partial charge on any atom is 0.355 e. The van der Waals surface area contributed by atoms with Crippen LogP contribution >= 0.6 is 11.3 Å². The van der Waals surface area contributed by atoms with Gasteiger partial charge in [-0.3, -0.25) is 0 Å². The summed E-state index contributed by atoms with van der Waals surface area (Å²) in [7, 11) is 3.50. The van der Waals surface area contributed by atoms with Crippen LogP contribution in [0.25, 0.3) is 0 Å². The van der Waals surface area contributed by atoms with Crippen LogP contribution < -0.4 is 9.64 Å². The van der Waals surface area contributed by atoms with E-state index in [1.807, 2.05) is 36.2 Å². The van der Waals surface area contributed by atoms with Crippen molar-refractivity contribution in [2.45, 2.75) is 6.54 Å². The number of rotatable bonds is 5. The molecular formula is C13H14N2O3S. The minimum Gasteiger partial charge on any atom is -0.496 e. The Labute approximate surface area is 115 Å². The quantitative estimate of drug-likeness (QED) is 0.910. The van der Waals surface area contributed by atoms with Crippen LogP contribution in [0.2, 0.25) is 0 Å². The first kappa shape index (κ1) is 13.4. The SMILES string of the molecule is COc1ccccc1CN(C)c1nc(C(=O)O)cs1. The number of methoxy groups -OCH3 is 1. The van der Waals surface area contributed by atoms with Crippen molar-refractivity contribution in [1.82, 2.24) is 4.98 Å². The third kappa shape index (κ3) is 3.03. The predicted octanol–water partition coefficient (Wildman–Crippen LogP) is 2.49. The van der Waals surface area contributed by atoms with Crippen molar-refractivity contribution < 1.29 is 14.6 Å². The van der Waals surface area contributed by atoms with Gasteiger partial charge in [0.25, 0.3) is 0 Å². The Morgan fingerprint density at radius 1 is 1.47 bits per heavy atom. The summed E-state index contributed by atoms with van der Waals surface area (Å²) in [5.74, 6) is -0.197. The standard InChI is InChI=1S/C13H14N2O3S/c1-15(13-14-10(8-19-13)12(16)17)7-9-5-3-4-6-11(9)18-2/h3-6,8H,7H2,1-2H3,(H,16,17). The highest BCUT2D eigenvalue weighted by molar-refractivity contribution is 7.13. The number of hydrogen-bond donors (Lipinski definition) is 1. The first-order valence-electron chi connectivity index (χ1n) is 5.63. The van der Waals surface area contributed by atoms with Gasteiger partial charge in [-0.15, -0.1) is 11.3 Å². The Balaban J connectivity index is 2.15. The van der Waals surface area contributed by atoms with Gasteiger partial charge in [0.2, 0.25) is 0 Å². The smallest absolute Gasteiger partial charge is 0.355 e.